The van der Waals surface area contributed by atoms with E-state index in [-0.39, 0.29) is 23.3 Å². The van der Waals surface area contributed by atoms with E-state index in [9.17, 15) is 14.9 Å². The highest BCUT2D eigenvalue weighted by Crippen LogP contribution is 2.27. The molecule has 0 aromatic heterocycles. The van der Waals surface area contributed by atoms with Crippen LogP contribution in [0.25, 0.3) is 0 Å². The van der Waals surface area contributed by atoms with Gasteiger partial charge in [0.15, 0.2) is 0 Å². The fourth-order valence-corrected chi connectivity index (χ4v) is 2.90. The summed E-state index contributed by atoms with van der Waals surface area (Å²) in [5, 5.41) is 13.7. The molecule has 1 saturated carbocycles. The van der Waals surface area contributed by atoms with E-state index in [2.05, 4.69) is 5.32 Å². The molecule has 1 aromatic rings. The number of nitro groups is 1. The second kappa shape index (κ2) is 6.56. The third-order valence-corrected chi connectivity index (χ3v) is 4.20. The van der Waals surface area contributed by atoms with Crippen LogP contribution in [-0.4, -0.2) is 16.9 Å². The van der Waals surface area contributed by atoms with E-state index in [0.717, 1.165) is 12.8 Å². The fraction of sp³-hybridized carbons (Fsp3) is 0.533. The smallest absolute Gasteiger partial charge is 0.292 e. The number of anilines is 1. The number of nitrogens with two attached hydrogens (primary N) is 1. The third-order valence-electron chi connectivity index (χ3n) is 4.20. The Bertz CT molecular complexity index is 539. The predicted octanol–water partition coefficient (Wildman–Crippen LogP) is 2.88. The Morgan fingerprint density at radius 1 is 1.38 bits per heavy atom. The van der Waals surface area contributed by atoms with Crippen molar-refractivity contribution >= 4 is 17.3 Å². The van der Waals surface area contributed by atoms with Crippen molar-refractivity contribution in [1.82, 2.24) is 5.32 Å². The molecule has 3 N–H and O–H groups in total. The van der Waals surface area contributed by atoms with Gasteiger partial charge in [0.05, 0.1) is 4.92 Å². The molecule has 2 rings (SSSR count). The van der Waals surface area contributed by atoms with E-state index in [1.807, 2.05) is 6.92 Å². The molecule has 1 amide bonds. The SMILES string of the molecule is CC(NC(=O)c1ccc([N+](=O)[O-])c(N)c1)C1CCCCC1. The molecule has 0 spiro atoms. The average molecular weight is 291 g/mol. The van der Waals surface area contributed by atoms with Crippen molar-refractivity contribution < 1.29 is 9.72 Å². The van der Waals surface area contributed by atoms with Crippen LogP contribution in [-0.2, 0) is 0 Å². The van der Waals surface area contributed by atoms with Gasteiger partial charge in [-0.15, -0.1) is 0 Å². The molecule has 1 atom stereocenters. The van der Waals surface area contributed by atoms with Gasteiger partial charge in [-0.3, -0.25) is 14.9 Å². The first-order valence-electron chi connectivity index (χ1n) is 7.34. The summed E-state index contributed by atoms with van der Waals surface area (Å²) < 4.78 is 0. The first-order chi connectivity index (χ1) is 9.99. The number of hydrogen-bond acceptors (Lipinski definition) is 4. The fourth-order valence-electron chi connectivity index (χ4n) is 2.90. The lowest BCUT2D eigenvalue weighted by molar-refractivity contribution is -0.383. The van der Waals surface area contributed by atoms with Crippen LogP contribution in [0.2, 0.25) is 0 Å². The van der Waals surface area contributed by atoms with E-state index in [4.69, 9.17) is 5.73 Å². The Morgan fingerprint density at radius 2 is 2.05 bits per heavy atom. The van der Waals surface area contributed by atoms with Crippen LogP contribution in [0.15, 0.2) is 18.2 Å². The zero-order chi connectivity index (χ0) is 15.4. The molecule has 1 aliphatic carbocycles. The number of carbonyl (C=O) groups is 1. The van der Waals surface area contributed by atoms with Crippen LogP contribution in [0.5, 0.6) is 0 Å². The monoisotopic (exact) mass is 291 g/mol. The molecule has 1 unspecified atom stereocenters. The lowest BCUT2D eigenvalue weighted by atomic mass is 9.84. The number of rotatable bonds is 4. The Labute approximate surface area is 123 Å². The van der Waals surface area contributed by atoms with Crippen molar-refractivity contribution in [3.05, 3.63) is 33.9 Å². The Hall–Kier alpha value is -2.11. The first-order valence-corrected chi connectivity index (χ1v) is 7.34. The summed E-state index contributed by atoms with van der Waals surface area (Å²) in [5.74, 6) is 0.285. The van der Waals surface area contributed by atoms with Gasteiger partial charge < -0.3 is 11.1 Å². The molecule has 0 heterocycles. The van der Waals surface area contributed by atoms with Gasteiger partial charge in [0.25, 0.3) is 11.6 Å². The standard InChI is InChI=1S/C15H21N3O3/c1-10(11-5-3-2-4-6-11)17-15(19)12-7-8-14(18(20)21)13(16)9-12/h7-11H,2-6,16H2,1H3,(H,17,19). The van der Waals surface area contributed by atoms with Gasteiger partial charge in [0, 0.05) is 17.7 Å². The number of nitrogen functional groups attached to an aromatic ring is 1. The molecule has 1 fully saturated rings. The lowest BCUT2D eigenvalue weighted by Gasteiger charge is -2.28. The number of amides is 1. The molecule has 21 heavy (non-hydrogen) atoms. The van der Waals surface area contributed by atoms with Gasteiger partial charge >= 0.3 is 0 Å². The van der Waals surface area contributed by atoms with Crippen LogP contribution in [0, 0.1) is 16.0 Å². The molecule has 1 aliphatic rings. The van der Waals surface area contributed by atoms with Crippen molar-refractivity contribution in [3.8, 4) is 0 Å². The third kappa shape index (κ3) is 3.71. The van der Waals surface area contributed by atoms with Gasteiger partial charge in [-0.2, -0.15) is 0 Å². The van der Waals surface area contributed by atoms with E-state index in [0.29, 0.717) is 11.5 Å². The molecular weight excluding hydrogens is 270 g/mol. The van der Waals surface area contributed by atoms with Crippen molar-refractivity contribution in [1.29, 1.82) is 0 Å². The zero-order valence-corrected chi connectivity index (χ0v) is 12.2. The second-order valence-corrected chi connectivity index (χ2v) is 5.69. The minimum atomic E-state index is -0.554. The minimum Gasteiger partial charge on any atom is -0.393 e. The maximum absolute atomic E-state index is 12.2. The van der Waals surface area contributed by atoms with Gasteiger partial charge in [0.1, 0.15) is 5.69 Å². The zero-order valence-electron chi connectivity index (χ0n) is 12.2. The molecule has 0 saturated heterocycles. The summed E-state index contributed by atoms with van der Waals surface area (Å²) in [7, 11) is 0. The van der Waals surface area contributed by atoms with E-state index in [1.165, 1.54) is 37.5 Å². The number of nitro benzene ring substituents is 1. The molecule has 0 radical (unpaired) electrons. The molecule has 6 nitrogen and oxygen atoms in total. The lowest BCUT2D eigenvalue weighted by Crippen LogP contribution is -2.38. The van der Waals surface area contributed by atoms with Crippen molar-refractivity contribution in [3.63, 3.8) is 0 Å². The molecule has 114 valence electrons. The highest BCUT2D eigenvalue weighted by atomic mass is 16.6. The Morgan fingerprint density at radius 3 is 2.62 bits per heavy atom. The summed E-state index contributed by atoms with van der Waals surface area (Å²) in [6, 6.07) is 4.18. The average Bonchev–Trinajstić information content (AvgIpc) is 2.47. The highest BCUT2D eigenvalue weighted by molar-refractivity contribution is 5.95. The number of benzene rings is 1. The Kier molecular flexibility index (Phi) is 4.77. The molecule has 6 heteroatoms. The summed E-state index contributed by atoms with van der Waals surface area (Å²) in [6.45, 7) is 2.02. The van der Waals surface area contributed by atoms with E-state index < -0.39 is 4.92 Å². The van der Waals surface area contributed by atoms with Gasteiger partial charge in [-0.05, 0) is 37.8 Å². The Balaban J connectivity index is 2.02. The quantitative estimate of drug-likeness (QED) is 0.506. The maximum atomic E-state index is 12.2. The molecular formula is C15H21N3O3. The van der Waals surface area contributed by atoms with Crippen molar-refractivity contribution in [2.24, 2.45) is 5.92 Å². The van der Waals surface area contributed by atoms with E-state index >= 15 is 0 Å². The molecule has 0 bridgehead atoms. The van der Waals surface area contributed by atoms with Crippen LogP contribution in [0.1, 0.15) is 49.4 Å². The van der Waals surface area contributed by atoms with Crippen LogP contribution < -0.4 is 11.1 Å². The second-order valence-electron chi connectivity index (χ2n) is 5.69. The topological polar surface area (TPSA) is 98.3 Å². The van der Waals surface area contributed by atoms with Crippen molar-refractivity contribution in [2.75, 3.05) is 5.73 Å². The summed E-state index contributed by atoms with van der Waals surface area (Å²) in [5.41, 5.74) is 5.81. The van der Waals surface area contributed by atoms with Gasteiger partial charge in [-0.25, -0.2) is 0 Å². The maximum Gasteiger partial charge on any atom is 0.292 e. The van der Waals surface area contributed by atoms with Crippen molar-refractivity contribution in [2.45, 2.75) is 45.1 Å². The van der Waals surface area contributed by atoms with Crippen LogP contribution in [0.3, 0.4) is 0 Å². The molecule has 1 aromatic carbocycles. The minimum absolute atomic E-state index is 0.0120. The summed E-state index contributed by atoms with van der Waals surface area (Å²) >= 11 is 0. The van der Waals surface area contributed by atoms with Gasteiger partial charge in [0.2, 0.25) is 0 Å². The normalized spacial score (nSPS) is 17.2. The predicted molar refractivity (Wildman–Crippen MR) is 81.0 cm³/mol. The first kappa shape index (κ1) is 15.3. The summed E-state index contributed by atoms with van der Waals surface area (Å²) in [6.07, 6.45) is 5.99. The molecule has 0 aliphatic heterocycles. The number of nitrogens with one attached hydrogen (secondary N) is 1. The summed E-state index contributed by atoms with van der Waals surface area (Å²) in [4.78, 5) is 22.4. The number of nitrogens with zero attached hydrogens (tertiary/aromatic N) is 1. The number of carbonyl (C=O) groups excluding carboxylic acids is 1. The van der Waals surface area contributed by atoms with Crippen LogP contribution in [0.4, 0.5) is 11.4 Å². The van der Waals surface area contributed by atoms with E-state index in [1.54, 1.807) is 0 Å². The van der Waals surface area contributed by atoms with Crippen LogP contribution >= 0.6 is 0 Å². The highest BCUT2D eigenvalue weighted by Gasteiger charge is 2.22. The largest absolute Gasteiger partial charge is 0.393 e. The number of hydrogen-bond donors (Lipinski definition) is 2. The van der Waals surface area contributed by atoms with Gasteiger partial charge in [-0.1, -0.05) is 19.3 Å².